The van der Waals surface area contributed by atoms with Crippen molar-refractivity contribution in [1.82, 2.24) is 14.5 Å². The van der Waals surface area contributed by atoms with Crippen LogP contribution in [-0.4, -0.2) is 63.4 Å². The van der Waals surface area contributed by atoms with Crippen LogP contribution in [0.1, 0.15) is 12.0 Å². The van der Waals surface area contributed by atoms with Crippen LogP contribution < -0.4 is 14.8 Å². The van der Waals surface area contributed by atoms with Crippen molar-refractivity contribution in [3.63, 3.8) is 0 Å². The smallest absolute Gasteiger partial charge is 0.325 e. The Hall–Kier alpha value is -3.11. The minimum absolute atomic E-state index is 0.0627. The van der Waals surface area contributed by atoms with Gasteiger partial charge in [-0.25, -0.2) is 17.5 Å². The minimum atomic E-state index is -3.52. The summed E-state index contributed by atoms with van der Waals surface area (Å²) in [5.74, 6) is 0.702. The molecule has 0 aromatic heterocycles. The van der Waals surface area contributed by atoms with Crippen LogP contribution in [0, 0.1) is 0 Å². The second-order valence-electron chi connectivity index (χ2n) is 7.49. The molecular weight excluding hydrogens is 422 g/mol. The molecule has 3 amide bonds. The molecule has 1 fully saturated rings. The fraction of sp³-hybridized carbons (Fsp3) is 0.333. The van der Waals surface area contributed by atoms with Gasteiger partial charge >= 0.3 is 6.03 Å². The molecule has 2 aliphatic rings. The summed E-state index contributed by atoms with van der Waals surface area (Å²) in [4.78, 5) is 27.0. The zero-order chi connectivity index (χ0) is 22.2. The summed E-state index contributed by atoms with van der Waals surface area (Å²) in [6.07, 6.45) is 0.355. The molecule has 10 heteroatoms. The predicted molar refractivity (Wildman–Crippen MR) is 111 cm³/mol. The molecule has 1 saturated heterocycles. The Morgan fingerprint density at radius 2 is 1.84 bits per heavy atom. The van der Waals surface area contributed by atoms with Gasteiger partial charge in [-0.1, -0.05) is 18.2 Å². The molecule has 31 heavy (non-hydrogen) atoms. The van der Waals surface area contributed by atoms with Gasteiger partial charge in [0.25, 0.3) is 5.91 Å². The number of hydrogen-bond donors (Lipinski definition) is 1. The van der Waals surface area contributed by atoms with E-state index in [-0.39, 0.29) is 24.0 Å². The zero-order valence-corrected chi connectivity index (χ0v) is 18.0. The average molecular weight is 445 g/mol. The van der Waals surface area contributed by atoms with E-state index in [9.17, 15) is 18.0 Å². The Kier molecular flexibility index (Phi) is 5.36. The van der Waals surface area contributed by atoms with Crippen molar-refractivity contribution in [2.75, 3.05) is 33.9 Å². The van der Waals surface area contributed by atoms with Crippen molar-refractivity contribution >= 4 is 22.0 Å². The van der Waals surface area contributed by atoms with E-state index in [4.69, 9.17) is 9.47 Å². The molecule has 1 atom stereocenters. The van der Waals surface area contributed by atoms with Gasteiger partial charge in [-0.15, -0.1) is 0 Å². The van der Waals surface area contributed by atoms with Crippen molar-refractivity contribution in [2.45, 2.75) is 16.9 Å². The summed E-state index contributed by atoms with van der Waals surface area (Å²) < 4.78 is 36.6. The first-order chi connectivity index (χ1) is 14.8. The number of rotatable bonds is 6. The maximum atomic E-state index is 13.2. The standard InChI is InChI=1S/C21H23N3O6S/c1-23(2)31(27,28)16-9-7-15(8-10-16)29-14-12-24-19(25)21(22-20(24)26)11-13-30-18-6-4-3-5-17(18)21/h3-10H,11-14H2,1-2H3,(H,22,26)/t21-/m1/s1. The highest BCUT2D eigenvalue weighted by molar-refractivity contribution is 7.89. The van der Waals surface area contributed by atoms with E-state index in [0.29, 0.717) is 30.1 Å². The Morgan fingerprint density at radius 3 is 2.55 bits per heavy atom. The van der Waals surface area contributed by atoms with Crippen LogP contribution in [0.4, 0.5) is 4.79 Å². The molecule has 2 aromatic rings. The number of benzene rings is 2. The van der Waals surface area contributed by atoms with Crippen molar-refractivity contribution < 1.29 is 27.5 Å². The number of carbonyl (C=O) groups is 2. The molecule has 0 radical (unpaired) electrons. The van der Waals surface area contributed by atoms with Gasteiger partial charge in [0.05, 0.1) is 18.0 Å². The van der Waals surface area contributed by atoms with Crippen molar-refractivity contribution in [1.29, 1.82) is 0 Å². The van der Waals surface area contributed by atoms with Crippen LogP contribution in [0.25, 0.3) is 0 Å². The monoisotopic (exact) mass is 445 g/mol. The Balaban J connectivity index is 1.42. The summed E-state index contributed by atoms with van der Waals surface area (Å²) in [5.41, 5.74) is -0.464. The number of carbonyl (C=O) groups excluding carboxylic acids is 2. The summed E-state index contributed by atoms with van der Waals surface area (Å²) in [6, 6.07) is 12.7. The van der Waals surface area contributed by atoms with Crippen LogP contribution in [0.5, 0.6) is 11.5 Å². The molecule has 9 nitrogen and oxygen atoms in total. The fourth-order valence-corrected chi connectivity index (χ4v) is 4.65. The fourth-order valence-electron chi connectivity index (χ4n) is 3.75. The first-order valence-corrected chi connectivity index (χ1v) is 11.2. The van der Waals surface area contributed by atoms with Gasteiger partial charge in [0.1, 0.15) is 18.1 Å². The molecule has 164 valence electrons. The molecule has 2 aliphatic heterocycles. The number of nitrogens with zero attached hydrogens (tertiary/aromatic N) is 2. The zero-order valence-electron chi connectivity index (χ0n) is 17.2. The highest BCUT2D eigenvalue weighted by Gasteiger charge is 2.54. The third kappa shape index (κ3) is 3.61. The highest BCUT2D eigenvalue weighted by Crippen LogP contribution is 2.40. The number of ether oxygens (including phenoxy) is 2. The number of amides is 3. The van der Waals surface area contributed by atoms with E-state index >= 15 is 0 Å². The van der Waals surface area contributed by atoms with Crippen LogP contribution in [0.3, 0.4) is 0 Å². The lowest BCUT2D eigenvalue weighted by Crippen LogP contribution is -2.47. The van der Waals surface area contributed by atoms with Gasteiger partial charge in [0.2, 0.25) is 10.0 Å². The van der Waals surface area contributed by atoms with E-state index in [1.165, 1.54) is 26.2 Å². The molecule has 1 N–H and O–H groups in total. The Bertz CT molecular complexity index is 1120. The normalized spacial score (nSPS) is 20.5. The summed E-state index contributed by atoms with van der Waals surface area (Å²) in [6.45, 7) is 0.468. The molecule has 2 aromatic carbocycles. The molecule has 4 rings (SSSR count). The molecule has 0 unspecified atom stereocenters. The average Bonchev–Trinajstić information content (AvgIpc) is 2.99. The first-order valence-electron chi connectivity index (χ1n) is 9.77. The van der Waals surface area contributed by atoms with Gasteiger partial charge in [-0.2, -0.15) is 0 Å². The lowest BCUT2D eigenvalue weighted by molar-refractivity contribution is -0.132. The van der Waals surface area contributed by atoms with Gasteiger partial charge in [-0.05, 0) is 30.3 Å². The summed E-state index contributed by atoms with van der Waals surface area (Å²) >= 11 is 0. The maximum Gasteiger partial charge on any atom is 0.325 e. The van der Waals surface area contributed by atoms with E-state index in [2.05, 4.69) is 5.32 Å². The van der Waals surface area contributed by atoms with Crippen LogP contribution in [-0.2, 0) is 20.4 Å². The lowest BCUT2D eigenvalue weighted by atomic mass is 9.84. The Morgan fingerprint density at radius 1 is 1.13 bits per heavy atom. The molecule has 0 aliphatic carbocycles. The van der Waals surface area contributed by atoms with Crippen LogP contribution >= 0.6 is 0 Å². The summed E-state index contributed by atoms with van der Waals surface area (Å²) in [5, 5.41) is 2.84. The van der Waals surface area contributed by atoms with E-state index in [0.717, 1.165) is 9.21 Å². The van der Waals surface area contributed by atoms with E-state index in [1.807, 2.05) is 6.07 Å². The summed E-state index contributed by atoms with van der Waals surface area (Å²) in [7, 11) is -0.601. The van der Waals surface area contributed by atoms with Gasteiger partial charge in [0.15, 0.2) is 5.54 Å². The molecular formula is C21H23N3O6S. The van der Waals surface area contributed by atoms with E-state index < -0.39 is 21.6 Å². The number of fused-ring (bicyclic) bond motifs is 2. The number of urea groups is 1. The van der Waals surface area contributed by atoms with Crippen molar-refractivity contribution in [2.24, 2.45) is 0 Å². The number of hydrogen-bond acceptors (Lipinski definition) is 6. The van der Waals surface area contributed by atoms with Gasteiger partial charge in [0, 0.05) is 26.1 Å². The van der Waals surface area contributed by atoms with Gasteiger partial charge in [-0.3, -0.25) is 9.69 Å². The minimum Gasteiger partial charge on any atom is -0.493 e. The van der Waals surface area contributed by atoms with Crippen LogP contribution in [0.2, 0.25) is 0 Å². The second kappa shape index (κ2) is 7.86. The molecule has 0 saturated carbocycles. The SMILES string of the molecule is CN(C)S(=O)(=O)c1ccc(OCCN2C(=O)N[C@@]3(CCOc4ccccc43)C2=O)cc1. The first kappa shape index (κ1) is 21.1. The third-order valence-electron chi connectivity index (χ3n) is 5.44. The molecule has 2 heterocycles. The number of imide groups is 1. The Labute approximate surface area is 180 Å². The largest absolute Gasteiger partial charge is 0.493 e. The maximum absolute atomic E-state index is 13.2. The number of para-hydroxylation sites is 1. The van der Waals surface area contributed by atoms with Crippen LogP contribution in [0.15, 0.2) is 53.4 Å². The quantitative estimate of drug-likeness (QED) is 0.677. The predicted octanol–water partition coefficient (Wildman–Crippen LogP) is 1.55. The number of sulfonamides is 1. The second-order valence-corrected chi connectivity index (χ2v) is 9.65. The van der Waals surface area contributed by atoms with E-state index in [1.54, 1.807) is 30.3 Å². The highest BCUT2D eigenvalue weighted by atomic mass is 32.2. The van der Waals surface area contributed by atoms with Crippen molar-refractivity contribution in [3.05, 3.63) is 54.1 Å². The van der Waals surface area contributed by atoms with Crippen molar-refractivity contribution in [3.8, 4) is 11.5 Å². The van der Waals surface area contributed by atoms with Gasteiger partial charge < -0.3 is 14.8 Å². The third-order valence-corrected chi connectivity index (χ3v) is 7.27. The molecule has 1 spiro atoms. The topological polar surface area (TPSA) is 105 Å². The molecule has 0 bridgehead atoms. The number of nitrogens with one attached hydrogen (secondary N) is 1. The lowest BCUT2D eigenvalue weighted by Gasteiger charge is -2.33.